The molecule has 8 heteroatoms. The molecule has 0 saturated carbocycles. The Morgan fingerprint density at radius 2 is 1.53 bits per heavy atom. The number of para-hydroxylation sites is 2. The SMILES string of the molecule is COc1ccc(-c2nc3ccccc3o2)cc1NC(=O)c1cc(OC)c(OC)c(OC)c1. The second-order valence-corrected chi connectivity index (χ2v) is 6.77. The largest absolute Gasteiger partial charge is 0.495 e. The summed E-state index contributed by atoms with van der Waals surface area (Å²) >= 11 is 0. The standard InChI is InChI=1S/C24H22N2O6/c1-28-18-10-9-14(24-26-16-7-5-6-8-19(16)32-24)11-17(18)25-23(27)15-12-20(29-2)22(31-4)21(13-15)30-3/h5-13H,1-4H3,(H,25,27). The molecule has 0 saturated heterocycles. The van der Waals surface area contributed by atoms with Gasteiger partial charge in [0.2, 0.25) is 11.6 Å². The molecule has 0 aliphatic heterocycles. The normalized spacial score (nSPS) is 10.6. The van der Waals surface area contributed by atoms with E-state index in [9.17, 15) is 4.79 Å². The van der Waals surface area contributed by atoms with Crippen LogP contribution in [-0.2, 0) is 0 Å². The van der Waals surface area contributed by atoms with Crippen molar-refractivity contribution in [2.75, 3.05) is 33.8 Å². The minimum Gasteiger partial charge on any atom is -0.495 e. The van der Waals surface area contributed by atoms with Gasteiger partial charge in [0.15, 0.2) is 17.1 Å². The molecule has 4 rings (SSSR count). The van der Waals surface area contributed by atoms with Gasteiger partial charge >= 0.3 is 0 Å². The summed E-state index contributed by atoms with van der Waals surface area (Å²) in [7, 11) is 6.02. The minimum absolute atomic E-state index is 0.328. The molecule has 4 aromatic rings. The van der Waals surface area contributed by atoms with Gasteiger partial charge in [-0.2, -0.15) is 0 Å². The number of carbonyl (C=O) groups is 1. The zero-order valence-corrected chi connectivity index (χ0v) is 18.1. The number of carbonyl (C=O) groups excluding carboxylic acids is 1. The summed E-state index contributed by atoms with van der Waals surface area (Å²) in [5.41, 5.74) is 2.92. The Bertz CT molecular complexity index is 1220. The zero-order valence-electron chi connectivity index (χ0n) is 18.1. The van der Waals surface area contributed by atoms with Crippen LogP contribution in [0.1, 0.15) is 10.4 Å². The minimum atomic E-state index is -0.378. The molecule has 164 valence electrons. The topological polar surface area (TPSA) is 92.1 Å². The molecule has 0 aliphatic rings. The van der Waals surface area contributed by atoms with Crippen LogP contribution < -0.4 is 24.3 Å². The highest BCUT2D eigenvalue weighted by Crippen LogP contribution is 2.39. The number of aromatic nitrogens is 1. The second-order valence-electron chi connectivity index (χ2n) is 6.77. The van der Waals surface area contributed by atoms with Crippen LogP contribution in [0.2, 0.25) is 0 Å². The first kappa shape index (κ1) is 21.0. The average molecular weight is 434 g/mol. The smallest absolute Gasteiger partial charge is 0.256 e. The van der Waals surface area contributed by atoms with Crippen molar-refractivity contribution < 1.29 is 28.2 Å². The van der Waals surface area contributed by atoms with Gasteiger partial charge < -0.3 is 28.7 Å². The van der Waals surface area contributed by atoms with Crippen LogP contribution in [0.25, 0.3) is 22.6 Å². The van der Waals surface area contributed by atoms with Crippen molar-refractivity contribution in [1.29, 1.82) is 0 Å². The first-order valence-corrected chi connectivity index (χ1v) is 9.73. The van der Waals surface area contributed by atoms with E-state index in [0.29, 0.717) is 51.3 Å². The first-order valence-electron chi connectivity index (χ1n) is 9.73. The van der Waals surface area contributed by atoms with Gasteiger partial charge in [-0.3, -0.25) is 4.79 Å². The van der Waals surface area contributed by atoms with Crippen LogP contribution in [0.4, 0.5) is 5.69 Å². The van der Waals surface area contributed by atoms with Gasteiger partial charge in [0.05, 0.1) is 34.1 Å². The number of anilines is 1. The molecule has 0 atom stereocenters. The van der Waals surface area contributed by atoms with Crippen molar-refractivity contribution in [3.05, 3.63) is 60.2 Å². The molecule has 1 N–H and O–H groups in total. The van der Waals surface area contributed by atoms with E-state index in [4.69, 9.17) is 23.4 Å². The summed E-state index contributed by atoms with van der Waals surface area (Å²) in [4.78, 5) is 17.6. The number of benzene rings is 3. The maximum absolute atomic E-state index is 13.0. The molecule has 1 aromatic heterocycles. The molecule has 0 bridgehead atoms. The molecule has 0 spiro atoms. The quantitative estimate of drug-likeness (QED) is 0.447. The van der Waals surface area contributed by atoms with Crippen molar-refractivity contribution in [3.8, 4) is 34.5 Å². The van der Waals surface area contributed by atoms with Crippen molar-refractivity contribution >= 4 is 22.7 Å². The Morgan fingerprint density at radius 3 is 2.16 bits per heavy atom. The van der Waals surface area contributed by atoms with Crippen molar-refractivity contribution in [2.24, 2.45) is 0 Å². The fourth-order valence-electron chi connectivity index (χ4n) is 3.34. The molecule has 1 heterocycles. The molecule has 3 aromatic carbocycles. The Balaban J connectivity index is 1.69. The first-order chi connectivity index (χ1) is 15.6. The van der Waals surface area contributed by atoms with Gasteiger partial charge in [-0.15, -0.1) is 0 Å². The predicted octanol–water partition coefficient (Wildman–Crippen LogP) is 4.78. The van der Waals surface area contributed by atoms with E-state index in [1.807, 2.05) is 30.3 Å². The van der Waals surface area contributed by atoms with Crippen LogP contribution in [0, 0.1) is 0 Å². The summed E-state index contributed by atoms with van der Waals surface area (Å²) in [5.74, 6) is 1.72. The number of hydrogen-bond acceptors (Lipinski definition) is 7. The van der Waals surface area contributed by atoms with Crippen LogP contribution in [-0.4, -0.2) is 39.3 Å². The second kappa shape index (κ2) is 8.89. The van der Waals surface area contributed by atoms with Gasteiger partial charge in [-0.1, -0.05) is 12.1 Å². The number of fused-ring (bicyclic) bond motifs is 1. The fourth-order valence-corrected chi connectivity index (χ4v) is 3.34. The van der Waals surface area contributed by atoms with Crippen molar-refractivity contribution in [1.82, 2.24) is 4.98 Å². The third kappa shape index (κ3) is 3.90. The maximum Gasteiger partial charge on any atom is 0.256 e. The molecular formula is C24H22N2O6. The highest BCUT2D eigenvalue weighted by molar-refractivity contribution is 6.06. The number of hydrogen-bond donors (Lipinski definition) is 1. The third-order valence-corrected chi connectivity index (χ3v) is 4.92. The van der Waals surface area contributed by atoms with Gasteiger partial charge in [-0.25, -0.2) is 4.98 Å². The molecule has 8 nitrogen and oxygen atoms in total. The number of oxazole rings is 1. The highest BCUT2D eigenvalue weighted by atomic mass is 16.5. The number of ether oxygens (including phenoxy) is 4. The molecule has 1 amide bonds. The Labute approximate surface area is 184 Å². The Kier molecular flexibility index (Phi) is 5.85. The van der Waals surface area contributed by atoms with E-state index in [0.717, 1.165) is 5.52 Å². The van der Waals surface area contributed by atoms with Gasteiger partial charge in [0.1, 0.15) is 11.3 Å². The van der Waals surface area contributed by atoms with Gasteiger partial charge in [0.25, 0.3) is 5.91 Å². The van der Waals surface area contributed by atoms with Crippen LogP contribution >= 0.6 is 0 Å². The van der Waals surface area contributed by atoms with E-state index in [-0.39, 0.29) is 5.91 Å². The zero-order chi connectivity index (χ0) is 22.7. The summed E-state index contributed by atoms with van der Waals surface area (Å²) in [6.07, 6.45) is 0. The van der Waals surface area contributed by atoms with Gasteiger partial charge in [0, 0.05) is 11.1 Å². The summed E-state index contributed by atoms with van der Waals surface area (Å²) in [5, 5.41) is 2.88. The van der Waals surface area contributed by atoms with Crippen molar-refractivity contribution in [2.45, 2.75) is 0 Å². The van der Waals surface area contributed by atoms with Gasteiger partial charge in [-0.05, 0) is 42.5 Å². The predicted molar refractivity (Wildman–Crippen MR) is 120 cm³/mol. The van der Waals surface area contributed by atoms with Crippen LogP contribution in [0.5, 0.6) is 23.0 Å². The summed E-state index contributed by atoms with van der Waals surface area (Å²) in [6.45, 7) is 0. The van der Waals surface area contributed by atoms with E-state index >= 15 is 0 Å². The van der Waals surface area contributed by atoms with Crippen LogP contribution in [0.15, 0.2) is 59.0 Å². The molecule has 0 fully saturated rings. The van der Waals surface area contributed by atoms with E-state index in [1.54, 1.807) is 24.3 Å². The Morgan fingerprint density at radius 1 is 0.844 bits per heavy atom. The van der Waals surface area contributed by atoms with E-state index in [1.165, 1.54) is 28.4 Å². The lowest BCUT2D eigenvalue weighted by Gasteiger charge is -2.15. The number of amides is 1. The molecular weight excluding hydrogens is 412 g/mol. The van der Waals surface area contributed by atoms with Crippen LogP contribution in [0.3, 0.4) is 0 Å². The summed E-state index contributed by atoms with van der Waals surface area (Å²) < 4.78 is 27.3. The molecule has 32 heavy (non-hydrogen) atoms. The molecule has 0 aliphatic carbocycles. The highest BCUT2D eigenvalue weighted by Gasteiger charge is 2.19. The number of rotatable bonds is 7. The van der Waals surface area contributed by atoms with Crippen molar-refractivity contribution in [3.63, 3.8) is 0 Å². The number of nitrogens with one attached hydrogen (secondary N) is 1. The monoisotopic (exact) mass is 434 g/mol. The molecule has 0 radical (unpaired) electrons. The van der Waals surface area contributed by atoms with E-state index in [2.05, 4.69) is 10.3 Å². The lowest BCUT2D eigenvalue weighted by Crippen LogP contribution is -2.13. The average Bonchev–Trinajstić information content (AvgIpc) is 3.27. The summed E-state index contributed by atoms with van der Waals surface area (Å²) in [6, 6.07) is 16.0. The lowest BCUT2D eigenvalue weighted by atomic mass is 10.1. The van der Waals surface area contributed by atoms with E-state index < -0.39 is 0 Å². The number of methoxy groups -OCH3 is 4. The Hall–Kier alpha value is -4.20. The fraction of sp³-hybridized carbons (Fsp3) is 0.167. The maximum atomic E-state index is 13.0. The third-order valence-electron chi connectivity index (χ3n) is 4.92. The lowest BCUT2D eigenvalue weighted by molar-refractivity contribution is 0.102. The molecule has 0 unspecified atom stereocenters. The number of nitrogens with zero attached hydrogens (tertiary/aromatic N) is 1.